The molecule has 0 radical (unpaired) electrons. The molecule has 7 nitrogen and oxygen atoms in total. The Kier molecular flexibility index (Phi) is 6.86. The fourth-order valence-electron chi connectivity index (χ4n) is 4.16. The van der Waals surface area contributed by atoms with Gasteiger partial charge >= 0.3 is 0 Å². The average molecular weight is 426 g/mol. The van der Waals surface area contributed by atoms with Crippen molar-refractivity contribution in [2.75, 3.05) is 76.3 Å². The van der Waals surface area contributed by atoms with Crippen LogP contribution in [-0.2, 0) is 6.54 Å². The number of benzene rings is 1. The lowest BCUT2D eigenvalue weighted by Gasteiger charge is -2.37. The molecule has 1 N–H and O–H groups in total. The number of aliphatic imine (C=N–C) groups is 1. The minimum atomic E-state index is -0.160. The summed E-state index contributed by atoms with van der Waals surface area (Å²) in [6.45, 7) is 7.99. The van der Waals surface area contributed by atoms with E-state index in [1.807, 2.05) is 25.4 Å². The summed E-state index contributed by atoms with van der Waals surface area (Å²) in [6.07, 6.45) is 1.89. The van der Waals surface area contributed by atoms with Crippen molar-refractivity contribution in [1.29, 1.82) is 0 Å². The lowest BCUT2D eigenvalue weighted by Crippen LogP contribution is -2.52. The van der Waals surface area contributed by atoms with Crippen molar-refractivity contribution in [2.24, 2.45) is 4.99 Å². The van der Waals surface area contributed by atoms with Gasteiger partial charge in [0.2, 0.25) is 0 Å². The molecule has 8 heteroatoms. The summed E-state index contributed by atoms with van der Waals surface area (Å²) in [5, 5.41) is 3.49. The van der Waals surface area contributed by atoms with Crippen LogP contribution in [-0.4, -0.2) is 87.2 Å². The molecule has 0 bridgehead atoms. The highest BCUT2D eigenvalue weighted by Gasteiger charge is 2.21. The summed E-state index contributed by atoms with van der Waals surface area (Å²) in [5.74, 6) is 1.76. The number of rotatable bonds is 4. The lowest BCUT2D eigenvalue weighted by molar-refractivity contribution is 0.312. The first-order valence-electron chi connectivity index (χ1n) is 11.0. The normalized spacial score (nSPS) is 18.4. The van der Waals surface area contributed by atoms with Crippen molar-refractivity contribution >= 4 is 17.5 Å². The predicted octanol–water partition coefficient (Wildman–Crippen LogP) is 1.87. The Morgan fingerprint density at radius 1 is 1.00 bits per heavy atom. The first kappa shape index (κ1) is 21.4. The molecule has 0 amide bonds. The maximum absolute atomic E-state index is 14.1. The Hall–Kier alpha value is -2.87. The number of hydrogen-bond acceptors (Lipinski definition) is 5. The van der Waals surface area contributed by atoms with Gasteiger partial charge in [0.1, 0.15) is 11.6 Å². The maximum Gasteiger partial charge on any atom is 0.194 e. The van der Waals surface area contributed by atoms with Gasteiger partial charge in [0.05, 0.1) is 5.69 Å². The fourth-order valence-corrected chi connectivity index (χ4v) is 4.16. The standard InChI is InChI=1S/C23H32FN7/c1-25-23(31-15-13-29(14-16-31)21-6-4-3-5-20(21)24)27-18-19-7-8-26-22(17-19)30-11-9-28(2)10-12-30/h3-8,17H,9-16,18H2,1-2H3,(H,25,27). The van der Waals surface area contributed by atoms with Gasteiger partial charge < -0.3 is 24.9 Å². The van der Waals surface area contributed by atoms with E-state index in [-0.39, 0.29) is 5.82 Å². The van der Waals surface area contributed by atoms with Crippen LogP contribution in [0, 0.1) is 5.82 Å². The third-order valence-electron chi connectivity index (χ3n) is 6.07. The summed E-state index contributed by atoms with van der Waals surface area (Å²) in [4.78, 5) is 18.1. The van der Waals surface area contributed by atoms with Crippen molar-refractivity contribution in [1.82, 2.24) is 20.1 Å². The molecule has 0 unspecified atom stereocenters. The van der Waals surface area contributed by atoms with Gasteiger partial charge in [-0.3, -0.25) is 4.99 Å². The number of aromatic nitrogens is 1. The monoisotopic (exact) mass is 425 g/mol. The molecule has 4 rings (SSSR count). The van der Waals surface area contributed by atoms with E-state index in [2.05, 4.69) is 54.1 Å². The van der Waals surface area contributed by atoms with Gasteiger partial charge in [-0.25, -0.2) is 9.37 Å². The van der Waals surface area contributed by atoms with Gasteiger partial charge in [0.15, 0.2) is 5.96 Å². The quantitative estimate of drug-likeness (QED) is 0.596. The summed E-state index contributed by atoms with van der Waals surface area (Å²) in [6, 6.07) is 11.2. The van der Waals surface area contributed by atoms with Crippen molar-refractivity contribution in [3.8, 4) is 0 Å². The van der Waals surface area contributed by atoms with Gasteiger partial charge in [-0.2, -0.15) is 0 Å². The average Bonchev–Trinajstić information content (AvgIpc) is 2.81. The van der Waals surface area contributed by atoms with Crippen LogP contribution in [0.3, 0.4) is 0 Å². The number of para-hydroxylation sites is 1. The smallest absolute Gasteiger partial charge is 0.194 e. The van der Waals surface area contributed by atoms with Crippen LogP contribution >= 0.6 is 0 Å². The largest absolute Gasteiger partial charge is 0.366 e. The number of nitrogens with zero attached hydrogens (tertiary/aromatic N) is 6. The van der Waals surface area contributed by atoms with E-state index in [0.717, 1.165) is 64.1 Å². The second kappa shape index (κ2) is 9.96. The van der Waals surface area contributed by atoms with Crippen LogP contribution in [0.25, 0.3) is 0 Å². The number of nitrogens with one attached hydrogen (secondary N) is 1. The molecule has 2 aliphatic rings. The molecule has 2 aliphatic heterocycles. The molecule has 31 heavy (non-hydrogen) atoms. The summed E-state index contributed by atoms with van der Waals surface area (Å²) in [5.41, 5.74) is 1.87. The van der Waals surface area contributed by atoms with E-state index < -0.39 is 0 Å². The van der Waals surface area contributed by atoms with Crippen LogP contribution < -0.4 is 15.1 Å². The number of likely N-dealkylation sites (N-methyl/N-ethyl adjacent to an activating group) is 1. The van der Waals surface area contributed by atoms with Gasteiger partial charge in [-0.05, 0) is 36.9 Å². The first-order valence-corrected chi connectivity index (χ1v) is 11.0. The summed E-state index contributed by atoms with van der Waals surface area (Å²) in [7, 11) is 3.97. The van der Waals surface area contributed by atoms with E-state index in [1.165, 1.54) is 11.6 Å². The molecule has 0 saturated carbocycles. The van der Waals surface area contributed by atoms with E-state index >= 15 is 0 Å². The van der Waals surface area contributed by atoms with Gasteiger partial charge in [-0.1, -0.05) is 12.1 Å². The Morgan fingerprint density at radius 3 is 2.42 bits per heavy atom. The number of pyridine rings is 1. The number of guanidine groups is 1. The molecule has 0 atom stereocenters. The van der Waals surface area contributed by atoms with Gasteiger partial charge in [0, 0.05) is 72.1 Å². The molecule has 2 aromatic rings. The van der Waals surface area contributed by atoms with Crippen molar-refractivity contribution in [3.05, 3.63) is 54.0 Å². The van der Waals surface area contributed by atoms with Crippen LogP contribution in [0.1, 0.15) is 5.56 Å². The predicted molar refractivity (Wildman–Crippen MR) is 124 cm³/mol. The Bertz CT molecular complexity index is 887. The van der Waals surface area contributed by atoms with Crippen LogP contribution in [0.2, 0.25) is 0 Å². The third kappa shape index (κ3) is 5.25. The second-order valence-electron chi connectivity index (χ2n) is 8.14. The molecule has 2 fully saturated rings. The topological polar surface area (TPSA) is 50.2 Å². The SMILES string of the molecule is CN=C(NCc1ccnc(N2CCN(C)CC2)c1)N1CCN(c2ccccc2F)CC1. The number of anilines is 2. The molecule has 0 spiro atoms. The van der Waals surface area contributed by atoms with E-state index in [4.69, 9.17) is 0 Å². The summed E-state index contributed by atoms with van der Waals surface area (Å²) >= 11 is 0. The zero-order chi connectivity index (χ0) is 21.6. The molecular formula is C23H32FN7. The fraction of sp³-hybridized carbons (Fsp3) is 0.478. The number of hydrogen-bond donors (Lipinski definition) is 1. The molecule has 2 saturated heterocycles. The minimum absolute atomic E-state index is 0.160. The molecule has 166 valence electrons. The van der Waals surface area contributed by atoms with Crippen molar-refractivity contribution in [2.45, 2.75) is 6.54 Å². The zero-order valence-corrected chi connectivity index (χ0v) is 18.5. The Balaban J connectivity index is 1.31. The zero-order valence-electron chi connectivity index (χ0n) is 18.5. The van der Waals surface area contributed by atoms with Gasteiger partial charge in [-0.15, -0.1) is 0 Å². The highest BCUT2D eigenvalue weighted by molar-refractivity contribution is 5.80. The molecule has 0 aliphatic carbocycles. The van der Waals surface area contributed by atoms with E-state index in [0.29, 0.717) is 12.2 Å². The van der Waals surface area contributed by atoms with E-state index in [9.17, 15) is 4.39 Å². The Labute approximate surface area is 184 Å². The van der Waals surface area contributed by atoms with Gasteiger partial charge in [0.25, 0.3) is 0 Å². The number of halogens is 1. The van der Waals surface area contributed by atoms with E-state index in [1.54, 1.807) is 6.07 Å². The molecular weight excluding hydrogens is 393 g/mol. The molecule has 1 aromatic heterocycles. The summed E-state index contributed by atoms with van der Waals surface area (Å²) < 4.78 is 14.1. The van der Waals surface area contributed by atoms with Crippen LogP contribution in [0.4, 0.5) is 15.9 Å². The first-order chi connectivity index (χ1) is 15.1. The number of piperazine rings is 2. The highest BCUT2D eigenvalue weighted by atomic mass is 19.1. The second-order valence-corrected chi connectivity index (χ2v) is 8.14. The molecule has 1 aromatic carbocycles. The van der Waals surface area contributed by atoms with Crippen LogP contribution in [0.5, 0.6) is 0 Å². The maximum atomic E-state index is 14.1. The highest BCUT2D eigenvalue weighted by Crippen LogP contribution is 2.20. The van der Waals surface area contributed by atoms with Crippen molar-refractivity contribution < 1.29 is 4.39 Å². The van der Waals surface area contributed by atoms with Crippen molar-refractivity contribution in [3.63, 3.8) is 0 Å². The third-order valence-corrected chi connectivity index (χ3v) is 6.07. The Morgan fingerprint density at radius 2 is 1.71 bits per heavy atom. The minimum Gasteiger partial charge on any atom is -0.366 e. The van der Waals surface area contributed by atoms with Crippen LogP contribution in [0.15, 0.2) is 47.6 Å². The lowest BCUT2D eigenvalue weighted by atomic mass is 10.2. The molecule has 3 heterocycles.